The maximum atomic E-state index is 10.0. The van der Waals surface area contributed by atoms with Crippen LogP contribution in [0.5, 0.6) is 5.75 Å². The Morgan fingerprint density at radius 2 is 1.34 bits per heavy atom. The molecule has 1 aromatic heterocycles. The van der Waals surface area contributed by atoms with Crippen LogP contribution in [0.4, 0.5) is 5.88 Å². The molecule has 35 heavy (non-hydrogen) atoms. The Morgan fingerprint density at radius 3 is 1.97 bits per heavy atom. The Labute approximate surface area is 204 Å². The van der Waals surface area contributed by atoms with Gasteiger partial charge in [0.05, 0.1) is 0 Å². The second-order valence-electron chi connectivity index (χ2n) is 7.93. The van der Waals surface area contributed by atoms with Gasteiger partial charge in [-0.2, -0.15) is 5.26 Å². The van der Waals surface area contributed by atoms with Gasteiger partial charge < -0.3 is 9.15 Å². The predicted octanol–water partition coefficient (Wildman–Crippen LogP) is 7.81. The summed E-state index contributed by atoms with van der Waals surface area (Å²) >= 11 is 0. The minimum absolute atomic E-state index is 0.287. The molecule has 0 saturated carbocycles. The van der Waals surface area contributed by atoms with E-state index in [1.165, 1.54) is 0 Å². The third-order valence-corrected chi connectivity index (χ3v) is 5.56. The lowest BCUT2D eigenvalue weighted by atomic mass is 9.98. The standard InChI is InChI=1S/C31H22N2O2/c32-20-28-29(25-12-6-2-7-13-25)30(26-14-8-3-9-15-26)35-31(28)33-21-23-16-18-27(19-17-23)34-22-24-10-4-1-5-11-24/h1-19,21H,22H2. The van der Waals surface area contributed by atoms with Crippen molar-refractivity contribution in [3.8, 4) is 34.3 Å². The molecule has 0 radical (unpaired) electrons. The lowest BCUT2D eigenvalue weighted by molar-refractivity contribution is 0.306. The van der Waals surface area contributed by atoms with Crippen LogP contribution < -0.4 is 4.74 Å². The van der Waals surface area contributed by atoms with Gasteiger partial charge in [-0.15, -0.1) is 0 Å². The van der Waals surface area contributed by atoms with Crippen LogP contribution in [0.25, 0.3) is 22.5 Å². The van der Waals surface area contributed by atoms with E-state index < -0.39 is 0 Å². The van der Waals surface area contributed by atoms with Crippen LogP contribution >= 0.6 is 0 Å². The average Bonchev–Trinajstić information content (AvgIpc) is 3.31. The second-order valence-corrected chi connectivity index (χ2v) is 7.93. The Bertz CT molecular complexity index is 1460. The summed E-state index contributed by atoms with van der Waals surface area (Å²) in [5.41, 5.74) is 4.95. The Morgan fingerprint density at radius 1 is 0.743 bits per heavy atom. The number of ether oxygens (including phenoxy) is 1. The molecular formula is C31H22N2O2. The first-order chi connectivity index (χ1) is 17.3. The van der Waals surface area contributed by atoms with Gasteiger partial charge in [0.15, 0.2) is 0 Å². The monoisotopic (exact) mass is 454 g/mol. The molecular weight excluding hydrogens is 432 g/mol. The van der Waals surface area contributed by atoms with E-state index in [0.717, 1.165) is 33.6 Å². The summed E-state index contributed by atoms with van der Waals surface area (Å²) in [7, 11) is 0. The predicted molar refractivity (Wildman–Crippen MR) is 139 cm³/mol. The number of nitriles is 1. The molecule has 0 aliphatic rings. The molecule has 0 aliphatic carbocycles. The largest absolute Gasteiger partial charge is 0.489 e. The summed E-state index contributed by atoms with van der Waals surface area (Å²) in [5, 5.41) is 10.0. The Balaban J connectivity index is 1.42. The molecule has 0 atom stereocenters. The summed E-state index contributed by atoms with van der Waals surface area (Å²) in [6, 6.07) is 39.6. The first-order valence-electron chi connectivity index (χ1n) is 11.3. The van der Waals surface area contributed by atoms with Crippen LogP contribution in [-0.2, 0) is 6.61 Å². The van der Waals surface area contributed by atoms with Crippen LogP contribution in [0.3, 0.4) is 0 Å². The molecule has 5 aromatic rings. The van der Waals surface area contributed by atoms with Crippen LogP contribution in [0.2, 0.25) is 0 Å². The van der Waals surface area contributed by atoms with Gasteiger partial charge in [0.2, 0.25) is 5.88 Å². The Kier molecular flexibility index (Phi) is 6.50. The maximum Gasteiger partial charge on any atom is 0.238 e. The van der Waals surface area contributed by atoms with Gasteiger partial charge in [-0.05, 0) is 41.0 Å². The minimum atomic E-state index is 0.287. The van der Waals surface area contributed by atoms with Crippen molar-refractivity contribution in [1.29, 1.82) is 5.26 Å². The summed E-state index contributed by atoms with van der Waals surface area (Å²) in [5.74, 6) is 1.69. The molecule has 0 bridgehead atoms. The van der Waals surface area contributed by atoms with E-state index in [9.17, 15) is 5.26 Å². The van der Waals surface area contributed by atoms with Crippen molar-refractivity contribution in [1.82, 2.24) is 0 Å². The molecule has 0 amide bonds. The molecule has 0 fully saturated rings. The van der Waals surface area contributed by atoms with Gasteiger partial charge in [0.25, 0.3) is 0 Å². The smallest absolute Gasteiger partial charge is 0.238 e. The maximum absolute atomic E-state index is 10.0. The highest BCUT2D eigenvalue weighted by molar-refractivity contribution is 5.89. The number of aliphatic imine (C=N–C) groups is 1. The number of hydrogen-bond acceptors (Lipinski definition) is 4. The molecule has 0 N–H and O–H groups in total. The fraction of sp³-hybridized carbons (Fsp3) is 0.0323. The summed E-state index contributed by atoms with van der Waals surface area (Å²) in [6.45, 7) is 0.511. The molecule has 0 aliphatic heterocycles. The zero-order valence-electron chi connectivity index (χ0n) is 19.0. The summed E-state index contributed by atoms with van der Waals surface area (Å²) in [6.07, 6.45) is 1.70. The molecule has 5 rings (SSSR count). The number of furan rings is 1. The first-order valence-corrected chi connectivity index (χ1v) is 11.3. The molecule has 4 nitrogen and oxygen atoms in total. The van der Waals surface area contributed by atoms with Gasteiger partial charge in [0, 0.05) is 17.3 Å². The van der Waals surface area contributed by atoms with E-state index in [2.05, 4.69) is 11.1 Å². The topological polar surface area (TPSA) is 58.5 Å². The van der Waals surface area contributed by atoms with E-state index in [4.69, 9.17) is 9.15 Å². The molecule has 0 saturated heterocycles. The highest BCUT2D eigenvalue weighted by Crippen LogP contribution is 2.42. The van der Waals surface area contributed by atoms with Crippen molar-refractivity contribution in [2.45, 2.75) is 6.61 Å². The molecule has 0 unspecified atom stereocenters. The number of rotatable bonds is 7. The van der Waals surface area contributed by atoms with Gasteiger partial charge >= 0.3 is 0 Å². The normalized spacial score (nSPS) is 10.8. The van der Waals surface area contributed by atoms with Gasteiger partial charge in [0.1, 0.15) is 29.7 Å². The van der Waals surface area contributed by atoms with Crippen LogP contribution in [-0.4, -0.2) is 6.21 Å². The molecule has 0 spiro atoms. The molecule has 4 aromatic carbocycles. The van der Waals surface area contributed by atoms with Gasteiger partial charge in [-0.1, -0.05) is 91.0 Å². The molecule has 1 heterocycles. The van der Waals surface area contributed by atoms with E-state index in [0.29, 0.717) is 17.9 Å². The van der Waals surface area contributed by atoms with Gasteiger partial charge in [-0.25, -0.2) is 4.99 Å². The van der Waals surface area contributed by atoms with Crippen LogP contribution in [0, 0.1) is 11.3 Å². The van der Waals surface area contributed by atoms with Crippen molar-refractivity contribution >= 4 is 12.1 Å². The number of hydrogen-bond donors (Lipinski definition) is 0. The SMILES string of the molecule is N#Cc1c(N=Cc2ccc(OCc3ccccc3)cc2)oc(-c2ccccc2)c1-c1ccccc1. The fourth-order valence-electron chi connectivity index (χ4n) is 3.81. The van der Waals surface area contributed by atoms with Crippen LogP contribution in [0.1, 0.15) is 16.7 Å². The van der Waals surface area contributed by atoms with E-state index in [1.54, 1.807) is 6.21 Å². The Hall–Kier alpha value is -4.88. The van der Waals surface area contributed by atoms with E-state index in [-0.39, 0.29) is 5.88 Å². The first kappa shape index (κ1) is 21.9. The third-order valence-electron chi connectivity index (χ3n) is 5.56. The zero-order chi connectivity index (χ0) is 23.9. The van der Waals surface area contributed by atoms with Crippen molar-refractivity contribution in [3.63, 3.8) is 0 Å². The zero-order valence-corrected chi connectivity index (χ0v) is 19.0. The highest BCUT2D eigenvalue weighted by atomic mass is 16.5. The number of benzene rings is 4. The third kappa shape index (κ3) is 5.05. The quantitative estimate of drug-likeness (QED) is 0.236. The van der Waals surface area contributed by atoms with E-state index >= 15 is 0 Å². The number of nitrogens with zero attached hydrogens (tertiary/aromatic N) is 2. The van der Waals surface area contributed by atoms with E-state index in [1.807, 2.05) is 115 Å². The van der Waals surface area contributed by atoms with Crippen molar-refractivity contribution in [2.75, 3.05) is 0 Å². The lowest BCUT2D eigenvalue weighted by Gasteiger charge is -2.06. The minimum Gasteiger partial charge on any atom is -0.489 e. The highest BCUT2D eigenvalue weighted by Gasteiger charge is 2.22. The second kappa shape index (κ2) is 10.4. The van der Waals surface area contributed by atoms with Gasteiger partial charge in [-0.3, -0.25) is 0 Å². The van der Waals surface area contributed by atoms with Crippen molar-refractivity contribution in [2.24, 2.45) is 4.99 Å². The molecule has 168 valence electrons. The summed E-state index contributed by atoms with van der Waals surface area (Å²) < 4.78 is 12.0. The van der Waals surface area contributed by atoms with Crippen LogP contribution in [0.15, 0.2) is 125 Å². The van der Waals surface area contributed by atoms with Crippen molar-refractivity contribution < 1.29 is 9.15 Å². The fourth-order valence-corrected chi connectivity index (χ4v) is 3.81. The average molecular weight is 455 g/mol. The van der Waals surface area contributed by atoms with Crippen molar-refractivity contribution in [3.05, 3.63) is 132 Å². The summed E-state index contributed by atoms with van der Waals surface area (Å²) in [4.78, 5) is 4.55. The lowest BCUT2D eigenvalue weighted by Crippen LogP contribution is -1.94. The molecule has 4 heteroatoms.